The van der Waals surface area contributed by atoms with Crippen LogP contribution in [-0.2, 0) is 0 Å². The van der Waals surface area contributed by atoms with E-state index in [2.05, 4.69) is 39.0 Å². The van der Waals surface area contributed by atoms with Crippen LogP contribution in [0.2, 0.25) is 5.02 Å². The van der Waals surface area contributed by atoms with Gasteiger partial charge in [-0.3, -0.25) is 9.78 Å². The number of nitrogens with zero attached hydrogens (tertiary/aromatic N) is 3. The number of hydrogen-bond donors (Lipinski definition) is 2. The molecule has 1 fully saturated rings. The van der Waals surface area contributed by atoms with Crippen LogP contribution in [0.5, 0.6) is 0 Å². The van der Waals surface area contributed by atoms with Gasteiger partial charge in [0.1, 0.15) is 10.8 Å². The minimum absolute atomic E-state index is 0.138. The average Bonchev–Trinajstić information content (AvgIpc) is 2.49. The Hall–Kier alpha value is -1.92. The van der Waals surface area contributed by atoms with Crippen LogP contribution in [0.4, 0.5) is 5.82 Å². The third-order valence-electron chi connectivity index (χ3n) is 3.66. The first kappa shape index (κ1) is 15.0. The van der Waals surface area contributed by atoms with Gasteiger partial charge in [0, 0.05) is 43.1 Å². The van der Waals surface area contributed by atoms with Crippen LogP contribution in [0.1, 0.15) is 13.8 Å². The number of H-pyrrole nitrogens is 1. The van der Waals surface area contributed by atoms with Crippen LogP contribution in [-0.4, -0.2) is 40.1 Å². The lowest BCUT2D eigenvalue weighted by molar-refractivity contribution is 0.405. The average molecular weight is 320 g/mol. The summed E-state index contributed by atoms with van der Waals surface area (Å²) in [5.74, 6) is 1.04. The second kappa shape index (κ2) is 6.06. The molecule has 0 bridgehead atoms. The van der Waals surface area contributed by atoms with Gasteiger partial charge in [-0.05, 0) is 26.0 Å². The molecule has 1 saturated heterocycles. The van der Waals surface area contributed by atoms with E-state index in [4.69, 9.17) is 11.6 Å². The Morgan fingerprint density at radius 3 is 2.50 bits per heavy atom. The second-order valence-corrected chi connectivity index (χ2v) is 6.04. The molecule has 0 amide bonds. The highest BCUT2D eigenvalue weighted by molar-refractivity contribution is 6.32. The van der Waals surface area contributed by atoms with Crippen LogP contribution < -0.4 is 15.8 Å². The Labute approximate surface area is 133 Å². The maximum absolute atomic E-state index is 12.2. The van der Waals surface area contributed by atoms with Crippen LogP contribution in [0.3, 0.4) is 0 Å². The summed E-state index contributed by atoms with van der Waals surface area (Å²) in [6, 6.07) is 4.23. The fourth-order valence-corrected chi connectivity index (χ4v) is 3.01. The molecule has 1 aliphatic heterocycles. The molecule has 0 radical (unpaired) electrons. The predicted octanol–water partition coefficient (Wildman–Crippen LogP) is 1.67. The van der Waals surface area contributed by atoms with E-state index >= 15 is 0 Å². The Morgan fingerprint density at radius 1 is 1.23 bits per heavy atom. The van der Waals surface area contributed by atoms with Crippen LogP contribution in [0, 0.1) is 0 Å². The maximum atomic E-state index is 12.2. The molecule has 7 heteroatoms. The fraction of sp³-hybridized carbons (Fsp3) is 0.400. The Bertz CT molecular complexity index is 708. The number of piperazine rings is 1. The molecule has 116 valence electrons. The van der Waals surface area contributed by atoms with Crippen molar-refractivity contribution < 1.29 is 0 Å². The van der Waals surface area contributed by atoms with Crippen molar-refractivity contribution in [2.75, 3.05) is 18.0 Å². The van der Waals surface area contributed by atoms with Gasteiger partial charge in [0.2, 0.25) is 0 Å². The van der Waals surface area contributed by atoms with Gasteiger partial charge in [0.05, 0.1) is 0 Å². The zero-order chi connectivity index (χ0) is 15.7. The predicted molar refractivity (Wildman–Crippen MR) is 87.4 cm³/mol. The van der Waals surface area contributed by atoms with E-state index < -0.39 is 0 Å². The molecule has 2 unspecified atom stereocenters. The lowest BCUT2D eigenvalue weighted by Gasteiger charge is -2.37. The number of anilines is 1. The number of nitrogens with one attached hydrogen (secondary N) is 2. The highest BCUT2D eigenvalue weighted by Gasteiger charge is 2.25. The first-order valence-electron chi connectivity index (χ1n) is 7.26. The number of halogens is 1. The lowest BCUT2D eigenvalue weighted by atomic mass is 10.1. The Morgan fingerprint density at radius 2 is 1.86 bits per heavy atom. The summed E-state index contributed by atoms with van der Waals surface area (Å²) in [4.78, 5) is 25.5. The number of rotatable bonds is 2. The lowest BCUT2D eigenvalue weighted by Crippen LogP contribution is -2.54. The topological polar surface area (TPSA) is 73.9 Å². The summed E-state index contributed by atoms with van der Waals surface area (Å²) in [5, 5.41) is 3.59. The van der Waals surface area contributed by atoms with Gasteiger partial charge in [-0.15, -0.1) is 0 Å². The van der Waals surface area contributed by atoms with Gasteiger partial charge >= 0.3 is 0 Å². The largest absolute Gasteiger partial charge is 0.352 e. The van der Waals surface area contributed by atoms with E-state index in [0.29, 0.717) is 23.7 Å². The molecule has 2 aromatic rings. The molecule has 3 heterocycles. The number of aromatic nitrogens is 3. The minimum atomic E-state index is -0.322. The van der Waals surface area contributed by atoms with Crippen molar-refractivity contribution in [1.82, 2.24) is 20.3 Å². The van der Waals surface area contributed by atoms with Crippen molar-refractivity contribution >= 4 is 17.4 Å². The summed E-state index contributed by atoms with van der Waals surface area (Å²) in [7, 11) is 0. The SMILES string of the molecule is CC1CN(c2nc(-c3ccncc3)[nH]c(=O)c2Cl)CC(C)N1. The first-order valence-corrected chi connectivity index (χ1v) is 7.63. The third kappa shape index (κ3) is 2.98. The quantitative estimate of drug-likeness (QED) is 0.881. The molecule has 0 saturated carbocycles. The van der Waals surface area contributed by atoms with Crippen molar-refractivity contribution in [2.24, 2.45) is 0 Å². The van der Waals surface area contributed by atoms with Gasteiger partial charge in [0.25, 0.3) is 5.56 Å². The summed E-state index contributed by atoms with van der Waals surface area (Å²) < 4.78 is 0. The number of aromatic amines is 1. The molecule has 2 atom stereocenters. The first-order chi connectivity index (χ1) is 10.5. The van der Waals surface area contributed by atoms with Crippen molar-refractivity contribution in [2.45, 2.75) is 25.9 Å². The standard InChI is InChI=1S/C15H18ClN5O/c1-9-7-21(8-10(2)18-9)14-12(16)15(22)20-13(19-14)11-3-5-17-6-4-11/h3-6,9-10,18H,7-8H2,1-2H3,(H,19,20,22). The molecule has 2 aromatic heterocycles. The summed E-state index contributed by atoms with van der Waals surface area (Å²) in [6.45, 7) is 5.73. The highest BCUT2D eigenvalue weighted by Crippen LogP contribution is 2.24. The van der Waals surface area contributed by atoms with E-state index in [1.165, 1.54) is 0 Å². The van der Waals surface area contributed by atoms with Crippen LogP contribution in [0.25, 0.3) is 11.4 Å². The Balaban J connectivity index is 2.04. The molecule has 6 nitrogen and oxygen atoms in total. The van der Waals surface area contributed by atoms with Gasteiger partial charge in [0.15, 0.2) is 5.82 Å². The van der Waals surface area contributed by atoms with E-state index in [9.17, 15) is 4.79 Å². The normalized spacial score (nSPS) is 21.9. The second-order valence-electron chi connectivity index (χ2n) is 5.66. The zero-order valence-electron chi connectivity index (χ0n) is 12.5. The van der Waals surface area contributed by atoms with E-state index in [0.717, 1.165) is 18.7 Å². The van der Waals surface area contributed by atoms with Crippen LogP contribution in [0.15, 0.2) is 29.3 Å². The molecule has 0 aliphatic carbocycles. The molecule has 22 heavy (non-hydrogen) atoms. The van der Waals surface area contributed by atoms with E-state index in [-0.39, 0.29) is 10.6 Å². The van der Waals surface area contributed by atoms with Gasteiger partial charge < -0.3 is 15.2 Å². The summed E-state index contributed by atoms with van der Waals surface area (Å²) in [6.07, 6.45) is 3.33. The maximum Gasteiger partial charge on any atom is 0.272 e. The molecule has 3 rings (SSSR count). The highest BCUT2D eigenvalue weighted by atomic mass is 35.5. The Kier molecular flexibility index (Phi) is 4.13. The fourth-order valence-electron chi connectivity index (χ4n) is 2.80. The van der Waals surface area contributed by atoms with Crippen molar-refractivity contribution in [3.8, 4) is 11.4 Å². The van der Waals surface area contributed by atoms with Crippen molar-refractivity contribution in [3.63, 3.8) is 0 Å². The smallest absolute Gasteiger partial charge is 0.272 e. The minimum Gasteiger partial charge on any atom is -0.352 e. The molecular formula is C15H18ClN5O. The molecule has 2 N–H and O–H groups in total. The molecule has 0 spiro atoms. The number of pyridine rings is 1. The van der Waals surface area contributed by atoms with Crippen molar-refractivity contribution in [3.05, 3.63) is 39.9 Å². The molecule has 1 aliphatic rings. The molecule has 0 aromatic carbocycles. The van der Waals surface area contributed by atoms with Gasteiger partial charge in [-0.1, -0.05) is 11.6 Å². The van der Waals surface area contributed by atoms with Crippen molar-refractivity contribution in [1.29, 1.82) is 0 Å². The number of hydrogen-bond acceptors (Lipinski definition) is 5. The monoisotopic (exact) mass is 319 g/mol. The zero-order valence-corrected chi connectivity index (χ0v) is 13.3. The summed E-state index contributed by atoms with van der Waals surface area (Å²) in [5.41, 5.74) is 0.485. The third-order valence-corrected chi connectivity index (χ3v) is 4.00. The molecular weight excluding hydrogens is 302 g/mol. The van der Waals surface area contributed by atoms with E-state index in [1.54, 1.807) is 24.5 Å². The van der Waals surface area contributed by atoms with Crippen LogP contribution >= 0.6 is 11.6 Å². The van der Waals surface area contributed by atoms with E-state index in [1.807, 2.05) is 0 Å². The van der Waals surface area contributed by atoms with Gasteiger partial charge in [-0.2, -0.15) is 0 Å². The van der Waals surface area contributed by atoms with Gasteiger partial charge in [-0.25, -0.2) is 4.98 Å². The summed E-state index contributed by atoms with van der Waals surface area (Å²) >= 11 is 6.20.